The lowest BCUT2D eigenvalue weighted by Crippen LogP contribution is -2.41. The highest BCUT2D eigenvalue weighted by Crippen LogP contribution is 2.18. The zero-order valence-electron chi connectivity index (χ0n) is 18.5. The van der Waals surface area contributed by atoms with Crippen LogP contribution >= 0.6 is 24.0 Å². The molecule has 1 unspecified atom stereocenters. The molecule has 2 aromatic rings. The molecular formula is C23H35IN6O. The Bertz CT molecular complexity index is 825. The molecule has 3 heterocycles. The normalized spacial score (nSPS) is 18.9. The van der Waals surface area contributed by atoms with Gasteiger partial charge in [0.05, 0.1) is 13.2 Å². The summed E-state index contributed by atoms with van der Waals surface area (Å²) >= 11 is 0. The van der Waals surface area contributed by atoms with Crippen molar-refractivity contribution in [1.29, 1.82) is 0 Å². The van der Waals surface area contributed by atoms with E-state index in [1.807, 2.05) is 13.1 Å². The van der Waals surface area contributed by atoms with Gasteiger partial charge in [0.2, 0.25) is 0 Å². The van der Waals surface area contributed by atoms with Crippen LogP contribution in [0, 0.1) is 5.92 Å². The van der Waals surface area contributed by atoms with Crippen LogP contribution in [-0.2, 0) is 30.7 Å². The Kier molecular flexibility index (Phi) is 9.57. The Morgan fingerprint density at radius 1 is 1.16 bits per heavy atom. The number of ether oxygens (including phenoxy) is 1. The van der Waals surface area contributed by atoms with Crippen molar-refractivity contribution in [3.05, 3.63) is 47.5 Å². The Morgan fingerprint density at radius 3 is 2.87 bits per heavy atom. The average molecular weight is 538 g/mol. The van der Waals surface area contributed by atoms with Gasteiger partial charge in [-0.1, -0.05) is 36.8 Å². The lowest BCUT2D eigenvalue weighted by Gasteiger charge is -2.21. The molecule has 1 aromatic heterocycles. The highest BCUT2D eigenvalue weighted by molar-refractivity contribution is 14.0. The molecule has 0 amide bonds. The highest BCUT2D eigenvalue weighted by Gasteiger charge is 2.25. The number of fused-ring (bicyclic) bond motifs is 1. The SMILES string of the molecule is CN=C(NCCc1nnc2n1CCCCC2)N1CCC(COCc2ccccc2)C1.I. The van der Waals surface area contributed by atoms with Crippen LogP contribution in [0.4, 0.5) is 0 Å². The molecule has 31 heavy (non-hydrogen) atoms. The van der Waals surface area contributed by atoms with Gasteiger partial charge in [-0.2, -0.15) is 0 Å². The first-order valence-electron chi connectivity index (χ1n) is 11.3. The van der Waals surface area contributed by atoms with Crippen molar-refractivity contribution >= 4 is 29.9 Å². The van der Waals surface area contributed by atoms with Crippen LogP contribution in [0.1, 0.15) is 42.9 Å². The van der Waals surface area contributed by atoms with E-state index in [9.17, 15) is 0 Å². The van der Waals surface area contributed by atoms with Crippen LogP contribution in [0.2, 0.25) is 0 Å². The fourth-order valence-electron chi connectivity index (χ4n) is 4.43. The molecule has 0 bridgehead atoms. The van der Waals surface area contributed by atoms with Crippen molar-refractivity contribution in [3.8, 4) is 0 Å². The quantitative estimate of drug-likeness (QED) is 0.333. The first kappa shape index (κ1) is 24.0. The summed E-state index contributed by atoms with van der Waals surface area (Å²) in [5.41, 5.74) is 1.23. The number of likely N-dealkylation sites (tertiary alicyclic amines) is 1. The number of nitrogens with one attached hydrogen (secondary N) is 1. The minimum Gasteiger partial charge on any atom is -0.376 e. The van der Waals surface area contributed by atoms with E-state index in [0.717, 1.165) is 69.7 Å². The van der Waals surface area contributed by atoms with E-state index in [1.165, 1.54) is 24.8 Å². The van der Waals surface area contributed by atoms with Gasteiger partial charge < -0.3 is 19.5 Å². The first-order valence-corrected chi connectivity index (χ1v) is 11.3. The Hall–Kier alpha value is -1.68. The number of guanidine groups is 1. The molecular weight excluding hydrogens is 503 g/mol. The lowest BCUT2D eigenvalue weighted by atomic mass is 10.1. The van der Waals surface area contributed by atoms with E-state index in [4.69, 9.17) is 4.74 Å². The number of aromatic nitrogens is 3. The Labute approximate surface area is 202 Å². The number of benzene rings is 1. The summed E-state index contributed by atoms with van der Waals surface area (Å²) in [5, 5.41) is 12.4. The summed E-state index contributed by atoms with van der Waals surface area (Å²) in [4.78, 5) is 6.85. The molecule has 1 atom stereocenters. The molecule has 0 aliphatic carbocycles. The average Bonchev–Trinajstić information content (AvgIpc) is 3.32. The molecule has 170 valence electrons. The Balaban J connectivity index is 0.00000272. The lowest BCUT2D eigenvalue weighted by molar-refractivity contribution is 0.0907. The van der Waals surface area contributed by atoms with Gasteiger partial charge >= 0.3 is 0 Å². The van der Waals surface area contributed by atoms with Crippen LogP contribution in [0.25, 0.3) is 0 Å². The molecule has 0 spiro atoms. The van der Waals surface area contributed by atoms with Crippen LogP contribution in [-0.4, -0.2) is 58.9 Å². The van der Waals surface area contributed by atoms with Crippen molar-refractivity contribution in [1.82, 2.24) is 25.0 Å². The third-order valence-corrected chi connectivity index (χ3v) is 6.08. The van der Waals surface area contributed by atoms with Crippen molar-refractivity contribution in [2.75, 3.05) is 33.3 Å². The number of hydrogen-bond donors (Lipinski definition) is 1. The zero-order valence-corrected chi connectivity index (χ0v) is 20.8. The number of aryl methyl sites for hydroxylation is 1. The maximum Gasteiger partial charge on any atom is 0.193 e. The monoisotopic (exact) mass is 538 g/mol. The molecule has 1 N–H and O–H groups in total. The largest absolute Gasteiger partial charge is 0.376 e. The number of halogens is 1. The molecule has 2 aliphatic heterocycles. The molecule has 8 heteroatoms. The van der Waals surface area contributed by atoms with Gasteiger partial charge in [0, 0.05) is 52.0 Å². The fourth-order valence-corrected chi connectivity index (χ4v) is 4.43. The number of nitrogens with zero attached hydrogens (tertiary/aromatic N) is 5. The van der Waals surface area contributed by atoms with Crippen molar-refractivity contribution in [2.45, 2.75) is 51.7 Å². The van der Waals surface area contributed by atoms with Gasteiger partial charge in [-0.3, -0.25) is 4.99 Å². The predicted molar refractivity (Wildman–Crippen MR) is 134 cm³/mol. The summed E-state index contributed by atoms with van der Waals surface area (Å²) in [7, 11) is 1.87. The van der Waals surface area contributed by atoms with Crippen molar-refractivity contribution in [2.24, 2.45) is 10.9 Å². The van der Waals surface area contributed by atoms with Gasteiger partial charge in [0.25, 0.3) is 0 Å². The van der Waals surface area contributed by atoms with Gasteiger partial charge in [0.1, 0.15) is 11.6 Å². The maximum atomic E-state index is 5.95. The van der Waals surface area contributed by atoms with Crippen molar-refractivity contribution < 1.29 is 4.74 Å². The van der Waals surface area contributed by atoms with E-state index < -0.39 is 0 Å². The van der Waals surface area contributed by atoms with Gasteiger partial charge in [0.15, 0.2) is 5.96 Å². The van der Waals surface area contributed by atoms with E-state index in [-0.39, 0.29) is 24.0 Å². The minimum absolute atomic E-state index is 0. The van der Waals surface area contributed by atoms with Crippen LogP contribution in [0.3, 0.4) is 0 Å². The second-order valence-electron chi connectivity index (χ2n) is 8.32. The predicted octanol–water partition coefficient (Wildman–Crippen LogP) is 3.28. The molecule has 2 aliphatic rings. The summed E-state index contributed by atoms with van der Waals surface area (Å²) in [6, 6.07) is 10.4. The van der Waals surface area contributed by atoms with Crippen molar-refractivity contribution in [3.63, 3.8) is 0 Å². The summed E-state index contributed by atoms with van der Waals surface area (Å²) in [6.07, 6.45) is 6.84. The number of rotatable bonds is 7. The summed E-state index contributed by atoms with van der Waals surface area (Å²) in [5.74, 6) is 3.80. The van der Waals surface area contributed by atoms with Gasteiger partial charge in [-0.25, -0.2) is 0 Å². The second kappa shape index (κ2) is 12.4. The number of hydrogen-bond acceptors (Lipinski definition) is 4. The van der Waals surface area contributed by atoms with Crippen LogP contribution in [0.15, 0.2) is 35.3 Å². The fraction of sp³-hybridized carbons (Fsp3) is 0.609. The molecule has 1 saturated heterocycles. The van der Waals surface area contributed by atoms with E-state index >= 15 is 0 Å². The zero-order chi connectivity index (χ0) is 20.6. The third kappa shape index (κ3) is 6.65. The molecule has 4 rings (SSSR count). The van der Waals surface area contributed by atoms with Gasteiger partial charge in [-0.15, -0.1) is 34.2 Å². The second-order valence-corrected chi connectivity index (χ2v) is 8.32. The first-order chi connectivity index (χ1) is 14.8. The topological polar surface area (TPSA) is 67.6 Å². The van der Waals surface area contributed by atoms with Crippen LogP contribution < -0.4 is 5.32 Å². The molecule has 1 aromatic carbocycles. The van der Waals surface area contributed by atoms with Gasteiger partial charge in [-0.05, 0) is 24.8 Å². The summed E-state index contributed by atoms with van der Waals surface area (Å²) < 4.78 is 8.28. The maximum absolute atomic E-state index is 5.95. The van der Waals surface area contributed by atoms with E-state index in [0.29, 0.717) is 12.5 Å². The summed E-state index contributed by atoms with van der Waals surface area (Å²) in [6.45, 7) is 5.40. The Morgan fingerprint density at radius 2 is 2.03 bits per heavy atom. The molecule has 7 nitrogen and oxygen atoms in total. The smallest absolute Gasteiger partial charge is 0.193 e. The van der Waals surface area contributed by atoms with E-state index in [2.05, 4.69) is 54.2 Å². The molecule has 0 saturated carbocycles. The minimum atomic E-state index is 0. The molecule has 1 fully saturated rings. The standard InChI is InChI=1S/C23H34N6O.HI/c1-24-23(25-13-11-22-27-26-21-10-6-3-7-14-29(21)22)28-15-12-20(16-28)18-30-17-19-8-4-2-5-9-19;/h2,4-5,8-9,20H,3,6-7,10-18H2,1H3,(H,24,25);1H. The highest BCUT2D eigenvalue weighted by atomic mass is 127. The third-order valence-electron chi connectivity index (χ3n) is 6.08. The van der Waals surface area contributed by atoms with E-state index in [1.54, 1.807) is 0 Å². The molecule has 0 radical (unpaired) electrons. The van der Waals surface area contributed by atoms with Crippen LogP contribution in [0.5, 0.6) is 0 Å². The number of aliphatic imine (C=N–C) groups is 1.